The van der Waals surface area contributed by atoms with Gasteiger partial charge in [0.15, 0.2) is 11.5 Å². The van der Waals surface area contributed by atoms with Gasteiger partial charge in [0.25, 0.3) is 0 Å². The molecular weight excluding hydrogens is 419 g/mol. The fourth-order valence-electron chi connectivity index (χ4n) is 3.69. The summed E-state index contributed by atoms with van der Waals surface area (Å²) in [6.07, 6.45) is 4.08. The molecule has 0 saturated carbocycles. The average molecular weight is 440 g/mol. The molecule has 0 spiro atoms. The number of nitrogen functional groups attached to an aromatic ring is 1. The van der Waals surface area contributed by atoms with E-state index in [2.05, 4.69) is 29.0 Å². The Morgan fingerprint density at radius 2 is 1.76 bits per heavy atom. The third kappa shape index (κ3) is 3.87. The van der Waals surface area contributed by atoms with E-state index in [0.29, 0.717) is 39.9 Å². The predicted octanol–water partition coefficient (Wildman–Crippen LogP) is 4.99. The number of hydrogen-bond acceptors (Lipinski definition) is 6. The van der Waals surface area contributed by atoms with Crippen molar-refractivity contribution in [2.24, 2.45) is 0 Å². The topological polar surface area (TPSA) is 91.7 Å². The molecule has 33 heavy (non-hydrogen) atoms. The average Bonchev–Trinajstić information content (AvgIpc) is 3.23. The van der Waals surface area contributed by atoms with Gasteiger partial charge in [0.2, 0.25) is 6.86 Å². The highest BCUT2D eigenvalue weighted by Gasteiger charge is 2.18. The van der Waals surface area contributed by atoms with E-state index in [1.165, 1.54) is 11.8 Å². The summed E-state index contributed by atoms with van der Waals surface area (Å²) in [6, 6.07) is 19.2. The zero-order chi connectivity index (χ0) is 22.8. The summed E-state index contributed by atoms with van der Waals surface area (Å²) < 4.78 is 19.2. The molecule has 0 amide bonds. The normalized spacial score (nSPS) is 11.1. The van der Waals surface area contributed by atoms with Crippen molar-refractivity contribution in [3.63, 3.8) is 0 Å². The highest BCUT2D eigenvalue weighted by atomic mass is 19.1. The van der Waals surface area contributed by atoms with Crippen molar-refractivity contribution in [2.75, 3.05) is 12.6 Å². The van der Waals surface area contributed by atoms with Gasteiger partial charge in [-0.1, -0.05) is 19.1 Å². The summed E-state index contributed by atoms with van der Waals surface area (Å²) in [5, 5.41) is 0. The van der Waals surface area contributed by atoms with E-state index in [-0.39, 0.29) is 0 Å². The molecule has 0 aliphatic carbocycles. The molecule has 8 heteroatoms. The Bertz CT molecular complexity index is 1410. The van der Waals surface area contributed by atoms with Crippen molar-refractivity contribution in [3.05, 3.63) is 78.6 Å². The van der Waals surface area contributed by atoms with Crippen LogP contribution in [0.1, 0.15) is 12.5 Å². The lowest BCUT2D eigenvalue weighted by molar-refractivity contribution is 0.191. The first-order valence-corrected chi connectivity index (χ1v) is 10.5. The van der Waals surface area contributed by atoms with E-state index in [9.17, 15) is 4.39 Å². The van der Waals surface area contributed by atoms with Gasteiger partial charge in [-0.15, -0.1) is 0 Å². The van der Waals surface area contributed by atoms with E-state index in [1.54, 1.807) is 18.3 Å². The van der Waals surface area contributed by atoms with Crippen LogP contribution in [0, 0.1) is 0 Å². The van der Waals surface area contributed by atoms with Crippen molar-refractivity contribution >= 4 is 17.0 Å². The molecule has 0 atom stereocenters. The largest absolute Gasteiger partial charge is 0.461 e. The fourth-order valence-corrected chi connectivity index (χ4v) is 3.69. The molecule has 4 aromatic heterocycles. The van der Waals surface area contributed by atoms with E-state index < -0.39 is 6.86 Å². The number of aromatic nitrogens is 5. The first-order chi connectivity index (χ1) is 16.2. The van der Waals surface area contributed by atoms with Crippen LogP contribution in [0.3, 0.4) is 0 Å². The van der Waals surface area contributed by atoms with Gasteiger partial charge in [0.05, 0.1) is 23.1 Å². The number of ether oxygens (including phenoxy) is 1. The number of rotatable bonds is 6. The molecule has 2 N–H and O–H groups in total. The van der Waals surface area contributed by atoms with Crippen molar-refractivity contribution in [1.82, 2.24) is 24.5 Å². The molecule has 0 fully saturated rings. The lowest BCUT2D eigenvalue weighted by atomic mass is 10.1. The second kappa shape index (κ2) is 8.66. The van der Waals surface area contributed by atoms with Crippen LogP contribution in [-0.4, -0.2) is 31.4 Å². The minimum absolute atomic E-state index is 0.359. The Hall–Kier alpha value is -4.33. The van der Waals surface area contributed by atoms with E-state index >= 15 is 0 Å². The van der Waals surface area contributed by atoms with Gasteiger partial charge in [-0.3, -0.25) is 9.55 Å². The molecule has 5 aromatic rings. The van der Waals surface area contributed by atoms with Crippen LogP contribution in [-0.2, 0) is 6.42 Å². The number of anilines is 1. The lowest BCUT2D eigenvalue weighted by Gasteiger charge is -2.11. The number of alkyl halides is 1. The summed E-state index contributed by atoms with van der Waals surface area (Å²) in [6.45, 7) is 1.22. The monoisotopic (exact) mass is 440 g/mol. The van der Waals surface area contributed by atoms with Crippen LogP contribution in [0.25, 0.3) is 39.6 Å². The third-order valence-electron chi connectivity index (χ3n) is 5.41. The van der Waals surface area contributed by atoms with Gasteiger partial charge >= 0.3 is 0 Å². The maximum Gasteiger partial charge on any atom is 0.228 e. The summed E-state index contributed by atoms with van der Waals surface area (Å²) >= 11 is 0. The lowest BCUT2D eigenvalue weighted by Crippen LogP contribution is -2.02. The zero-order valence-corrected chi connectivity index (χ0v) is 17.9. The smallest absolute Gasteiger partial charge is 0.228 e. The van der Waals surface area contributed by atoms with E-state index in [4.69, 9.17) is 20.4 Å². The van der Waals surface area contributed by atoms with Gasteiger partial charge < -0.3 is 10.5 Å². The number of pyridine rings is 3. The van der Waals surface area contributed by atoms with Crippen LogP contribution >= 0.6 is 0 Å². The van der Waals surface area contributed by atoms with E-state index in [0.717, 1.165) is 17.7 Å². The van der Waals surface area contributed by atoms with Crippen molar-refractivity contribution in [1.29, 1.82) is 0 Å². The second-order valence-electron chi connectivity index (χ2n) is 7.40. The quantitative estimate of drug-likeness (QED) is 0.400. The van der Waals surface area contributed by atoms with Gasteiger partial charge in [-0.2, -0.15) is 0 Å². The number of fused-ring (bicyclic) bond motifs is 1. The molecule has 4 heterocycles. The molecule has 1 aromatic carbocycles. The van der Waals surface area contributed by atoms with Crippen molar-refractivity contribution in [2.45, 2.75) is 13.3 Å². The molecule has 0 aliphatic rings. The van der Waals surface area contributed by atoms with Gasteiger partial charge in [-0.05, 0) is 60.5 Å². The summed E-state index contributed by atoms with van der Waals surface area (Å²) in [4.78, 5) is 18.3. The summed E-state index contributed by atoms with van der Waals surface area (Å²) in [5.74, 6) is 1.41. The van der Waals surface area contributed by atoms with E-state index in [1.807, 2.05) is 41.0 Å². The van der Waals surface area contributed by atoms with Gasteiger partial charge in [0, 0.05) is 11.9 Å². The number of benzene rings is 1. The van der Waals surface area contributed by atoms with Crippen LogP contribution in [0.5, 0.6) is 5.75 Å². The van der Waals surface area contributed by atoms with Crippen LogP contribution in [0.2, 0.25) is 0 Å². The first kappa shape index (κ1) is 20.6. The van der Waals surface area contributed by atoms with Crippen LogP contribution < -0.4 is 10.5 Å². The van der Waals surface area contributed by atoms with Gasteiger partial charge in [-0.25, -0.2) is 19.3 Å². The number of hydrogen-bond donors (Lipinski definition) is 1. The molecule has 0 bridgehead atoms. The molecule has 0 unspecified atom stereocenters. The zero-order valence-electron chi connectivity index (χ0n) is 17.9. The molecule has 164 valence electrons. The third-order valence-corrected chi connectivity index (χ3v) is 5.41. The molecule has 0 radical (unpaired) electrons. The fraction of sp³-hybridized carbons (Fsp3) is 0.120. The Balaban J connectivity index is 1.71. The van der Waals surface area contributed by atoms with Crippen LogP contribution in [0.15, 0.2) is 73.1 Å². The molecule has 0 aliphatic heterocycles. The summed E-state index contributed by atoms with van der Waals surface area (Å²) in [7, 11) is 0. The number of nitrogens with zero attached hydrogens (tertiary/aromatic N) is 5. The molecule has 5 rings (SSSR count). The number of nitrogens with two attached hydrogens (primary N) is 1. The minimum Gasteiger partial charge on any atom is -0.461 e. The molecular formula is C25H21FN6O. The number of halogens is 1. The second-order valence-corrected chi connectivity index (χ2v) is 7.40. The van der Waals surface area contributed by atoms with Crippen molar-refractivity contribution < 1.29 is 9.13 Å². The molecule has 7 nitrogen and oxygen atoms in total. The highest BCUT2D eigenvalue weighted by molar-refractivity contribution is 5.84. The maximum atomic E-state index is 12.4. The molecule has 0 saturated heterocycles. The first-order valence-electron chi connectivity index (χ1n) is 10.5. The maximum absolute atomic E-state index is 12.4. The Morgan fingerprint density at radius 3 is 2.45 bits per heavy atom. The standard InChI is InChI=1S/C25H21FN6O/c1-2-16-5-7-17(8-6-16)32-24(19-4-3-13-28-23(19)27)31-22-12-11-21(30-25(22)32)20-10-9-18(14-29-20)33-15-26/h3-14H,2,15H2,1H3,(H2,27,28). The Kier molecular flexibility index (Phi) is 5.40. The number of imidazole rings is 1. The van der Waals surface area contributed by atoms with Crippen LogP contribution in [0.4, 0.5) is 10.2 Å². The predicted molar refractivity (Wildman–Crippen MR) is 126 cm³/mol. The van der Waals surface area contributed by atoms with Gasteiger partial charge in [0.1, 0.15) is 17.1 Å². The van der Waals surface area contributed by atoms with Crippen molar-refractivity contribution in [3.8, 4) is 34.2 Å². The Labute approximate surface area is 189 Å². The summed E-state index contributed by atoms with van der Waals surface area (Å²) in [5.41, 5.74) is 11.7. The highest BCUT2D eigenvalue weighted by Crippen LogP contribution is 2.31. The Morgan fingerprint density at radius 1 is 0.939 bits per heavy atom. The number of aryl methyl sites for hydroxylation is 1. The minimum atomic E-state index is -0.901. The SMILES string of the molecule is CCc1ccc(-n2c(-c3cccnc3N)nc3ccc(-c4ccc(OCF)cn4)nc32)cc1.